The minimum absolute atomic E-state index is 0.00948. The first kappa shape index (κ1) is 22.1. The number of hydrogen-bond acceptors (Lipinski definition) is 5. The normalized spacial score (nSPS) is 12.6. The van der Waals surface area contributed by atoms with Crippen LogP contribution in [-0.4, -0.2) is 33.1 Å². The Morgan fingerprint density at radius 3 is 2.62 bits per heavy atom. The molecule has 4 rings (SSSR count). The maximum Gasteiger partial charge on any atom is 0.253 e. The fourth-order valence-corrected chi connectivity index (χ4v) is 4.54. The van der Waals surface area contributed by atoms with Gasteiger partial charge < -0.3 is 14.4 Å². The van der Waals surface area contributed by atoms with Crippen molar-refractivity contribution in [1.29, 1.82) is 0 Å². The lowest BCUT2D eigenvalue weighted by atomic mass is 10.1. The predicted octanol–water partition coefficient (Wildman–Crippen LogP) is 3.82. The van der Waals surface area contributed by atoms with E-state index >= 15 is 0 Å². The van der Waals surface area contributed by atoms with Crippen molar-refractivity contribution in [2.75, 3.05) is 13.8 Å². The van der Waals surface area contributed by atoms with Gasteiger partial charge in [0.1, 0.15) is 0 Å². The minimum atomic E-state index is -3.83. The van der Waals surface area contributed by atoms with Crippen LogP contribution in [0.4, 0.5) is 0 Å². The van der Waals surface area contributed by atoms with E-state index in [1.165, 1.54) is 17.0 Å². The van der Waals surface area contributed by atoms with Crippen molar-refractivity contribution in [3.05, 3.63) is 88.4 Å². The highest BCUT2D eigenvalue weighted by Crippen LogP contribution is 2.32. The van der Waals surface area contributed by atoms with Crippen molar-refractivity contribution in [2.45, 2.75) is 18.0 Å². The Hall–Kier alpha value is -3.07. The molecule has 9 heteroatoms. The summed E-state index contributed by atoms with van der Waals surface area (Å²) in [7, 11) is -2.19. The summed E-state index contributed by atoms with van der Waals surface area (Å²) in [5.74, 6) is 0.900. The van der Waals surface area contributed by atoms with Gasteiger partial charge >= 0.3 is 0 Å². The number of carbonyl (C=O) groups is 1. The van der Waals surface area contributed by atoms with Gasteiger partial charge in [0.25, 0.3) is 5.91 Å². The smallest absolute Gasteiger partial charge is 0.253 e. The molecule has 1 aliphatic rings. The van der Waals surface area contributed by atoms with E-state index in [1.54, 1.807) is 43.4 Å². The SMILES string of the molecule is CN(Cc1ccccc1Cl)C(=O)c1cccc(S(=O)(=O)NCc2ccc3c(c2)OCO3)c1. The van der Waals surface area contributed by atoms with Crippen LogP contribution >= 0.6 is 11.6 Å². The molecule has 3 aromatic carbocycles. The number of sulfonamides is 1. The molecule has 0 bridgehead atoms. The third-order valence-electron chi connectivity index (χ3n) is 5.01. The molecule has 3 aromatic rings. The molecule has 7 nitrogen and oxygen atoms in total. The highest BCUT2D eigenvalue weighted by Gasteiger charge is 2.19. The molecule has 0 unspecified atom stereocenters. The number of nitrogens with zero attached hydrogens (tertiary/aromatic N) is 1. The Bertz CT molecular complexity index is 1260. The minimum Gasteiger partial charge on any atom is -0.454 e. The van der Waals surface area contributed by atoms with Crippen molar-refractivity contribution < 1.29 is 22.7 Å². The molecule has 1 heterocycles. The molecule has 0 aliphatic carbocycles. The Labute approximate surface area is 191 Å². The predicted molar refractivity (Wildman–Crippen MR) is 120 cm³/mol. The Balaban J connectivity index is 1.46. The largest absolute Gasteiger partial charge is 0.454 e. The molecule has 166 valence electrons. The van der Waals surface area contributed by atoms with E-state index in [4.69, 9.17) is 21.1 Å². The van der Waals surface area contributed by atoms with E-state index in [0.717, 1.165) is 11.1 Å². The number of halogens is 1. The van der Waals surface area contributed by atoms with Gasteiger partial charge in [0, 0.05) is 30.7 Å². The van der Waals surface area contributed by atoms with Gasteiger partial charge in [0.2, 0.25) is 16.8 Å². The number of fused-ring (bicyclic) bond motifs is 1. The van der Waals surface area contributed by atoms with Gasteiger partial charge in [-0.3, -0.25) is 4.79 Å². The first-order chi connectivity index (χ1) is 15.3. The average molecular weight is 473 g/mol. The zero-order valence-electron chi connectivity index (χ0n) is 17.2. The lowest BCUT2D eigenvalue weighted by Crippen LogP contribution is -2.27. The van der Waals surface area contributed by atoms with Gasteiger partial charge in [0.05, 0.1) is 4.90 Å². The van der Waals surface area contributed by atoms with Crippen LogP contribution in [0, 0.1) is 0 Å². The summed E-state index contributed by atoms with van der Waals surface area (Å²) in [6.45, 7) is 0.525. The van der Waals surface area contributed by atoms with E-state index in [2.05, 4.69) is 4.72 Å². The number of carbonyl (C=O) groups excluding carboxylic acids is 1. The lowest BCUT2D eigenvalue weighted by Gasteiger charge is -2.18. The summed E-state index contributed by atoms with van der Waals surface area (Å²) in [4.78, 5) is 14.4. The zero-order valence-corrected chi connectivity index (χ0v) is 18.8. The Morgan fingerprint density at radius 1 is 1.03 bits per heavy atom. The molecule has 0 spiro atoms. The van der Waals surface area contributed by atoms with Gasteiger partial charge in [-0.05, 0) is 47.5 Å². The molecule has 0 aromatic heterocycles. The van der Waals surface area contributed by atoms with E-state index < -0.39 is 10.0 Å². The number of benzene rings is 3. The number of nitrogens with one attached hydrogen (secondary N) is 1. The topological polar surface area (TPSA) is 84.9 Å². The Morgan fingerprint density at radius 2 is 1.81 bits per heavy atom. The average Bonchev–Trinajstić information content (AvgIpc) is 3.27. The summed E-state index contributed by atoms with van der Waals surface area (Å²) in [5.41, 5.74) is 1.80. The molecule has 0 saturated heterocycles. The molecule has 1 amide bonds. The molecular formula is C23H21ClN2O5S. The maximum absolute atomic E-state index is 12.9. The van der Waals surface area contributed by atoms with Crippen LogP contribution in [0.1, 0.15) is 21.5 Å². The molecular weight excluding hydrogens is 452 g/mol. The molecule has 32 heavy (non-hydrogen) atoms. The van der Waals surface area contributed by atoms with Crippen molar-refractivity contribution >= 4 is 27.5 Å². The summed E-state index contributed by atoms with van der Waals surface area (Å²) in [5, 5.41) is 0.566. The number of amides is 1. The molecule has 1 aliphatic heterocycles. The first-order valence-corrected chi connectivity index (χ1v) is 11.7. The molecule has 0 saturated carbocycles. The molecule has 0 radical (unpaired) electrons. The first-order valence-electron chi connectivity index (χ1n) is 9.80. The van der Waals surface area contributed by atoms with Crippen LogP contribution in [-0.2, 0) is 23.1 Å². The fourth-order valence-electron chi connectivity index (χ4n) is 3.28. The van der Waals surface area contributed by atoms with Gasteiger partial charge in [-0.2, -0.15) is 0 Å². The molecule has 0 fully saturated rings. The second-order valence-corrected chi connectivity index (χ2v) is 9.47. The highest BCUT2D eigenvalue weighted by atomic mass is 35.5. The molecule has 1 N–H and O–H groups in total. The van der Waals surface area contributed by atoms with Crippen LogP contribution < -0.4 is 14.2 Å². The van der Waals surface area contributed by atoms with Crippen LogP contribution in [0.25, 0.3) is 0 Å². The molecule has 0 atom stereocenters. The van der Waals surface area contributed by atoms with Crippen molar-refractivity contribution in [1.82, 2.24) is 9.62 Å². The van der Waals surface area contributed by atoms with Crippen LogP contribution in [0.5, 0.6) is 11.5 Å². The summed E-state index contributed by atoms with van der Waals surface area (Å²) < 4.78 is 38.8. The second kappa shape index (κ2) is 9.20. The number of ether oxygens (including phenoxy) is 2. The fraction of sp³-hybridized carbons (Fsp3) is 0.174. The summed E-state index contributed by atoms with van der Waals surface area (Å²) >= 11 is 6.18. The van der Waals surface area contributed by atoms with E-state index in [-0.39, 0.29) is 29.7 Å². The maximum atomic E-state index is 12.9. The zero-order chi connectivity index (χ0) is 22.7. The van der Waals surface area contributed by atoms with Gasteiger partial charge in [-0.25, -0.2) is 13.1 Å². The van der Waals surface area contributed by atoms with Crippen molar-refractivity contribution in [3.63, 3.8) is 0 Å². The summed E-state index contributed by atoms with van der Waals surface area (Å²) in [6, 6.07) is 18.4. The van der Waals surface area contributed by atoms with Crippen LogP contribution in [0.3, 0.4) is 0 Å². The van der Waals surface area contributed by atoms with Crippen LogP contribution in [0.2, 0.25) is 5.02 Å². The van der Waals surface area contributed by atoms with Gasteiger partial charge in [-0.15, -0.1) is 0 Å². The van der Waals surface area contributed by atoms with E-state index in [0.29, 0.717) is 23.1 Å². The lowest BCUT2D eigenvalue weighted by molar-refractivity contribution is 0.0785. The highest BCUT2D eigenvalue weighted by molar-refractivity contribution is 7.89. The standard InChI is InChI=1S/C23H21ClN2O5S/c1-26(14-18-5-2-3-8-20(18)24)23(27)17-6-4-7-19(12-17)32(28,29)25-13-16-9-10-21-22(11-16)31-15-30-21/h2-12,25H,13-15H2,1H3. The number of rotatable bonds is 7. The van der Waals surface area contributed by atoms with E-state index in [1.807, 2.05) is 18.2 Å². The quantitative estimate of drug-likeness (QED) is 0.565. The number of hydrogen-bond donors (Lipinski definition) is 1. The third kappa shape index (κ3) is 4.88. The van der Waals surface area contributed by atoms with Crippen molar-refractivity contribution in [3.8, 4) is 11.5 Å². The monoisotopic (exact) mass is 472 g/mol. The Kier molecular flexibility index (Phi) is 6.36. The third-order valence-corrected chi connectivity index (χ3v) is 6.77. The summed E-state index contributed by atoms with van der Waals surface area (Å²) in [6.07, 6.45) is 0. The van der Waals surface area contributed by atoms with Gasteiger partial charge in [0.15, 0.2) is 11.5 Å². The van der Waals surface area contributed by atoms with E-state index in [9.17, 15) is 13.2 Å². The van der Waals surface area contributed by atoms with Gasteiger partial charge in [-0.1, -0.05) is 41.9 Å². The van der Waals surface area contributed by atoms with Crippen molar-refractivity contribution in [2.24, 2.45) is 0 Å². The second-order valence-electron chi connectivity index (χ2n) is 7.29. The van der Waals surface area contributed by atoms with Crippen LogP contribution in [0.15, 0.2) is 71.6 Å².